The van der Waals surface area contributed by atoms with Crippen LogP contribution in [-0.2, 0) is 12.0 Å². The van der Waals surface area contributed by atoms with Gasteiger partial charge >= 0.3 is 6.03 Å². The largest absolute Gasteiger partial charge is 0.337 e. The van der Waals surface area contributed by atoms with E-state index in [2.05, 4.69) is 40.9 Å². The van der Waals surface area contributed by atoms with Gasteiger partial charge in [-0.25, -0.2) is 4.79 Å². The Morgan fingerprint density at radius 2 is 1.96 bits per heavy atom. The Morgan fingerprint density at radius 1 is 1.12 bits per heavy atom. The van der Waals surface area contributed by atoms with E-state index >= 15 is 0 Å². The fourth-order valence-electron chi connectivity index (χ4n) is 2.60. The summed E-state index contributed by atoms with van der Waals surface area (Å²) in [6, 6.07) is 13.9. The van der Waals surface area contributed by atoms with Crippen molar-refractivity contribution in [3.05, 3.63) is 64.5 Å². The SMILES string of the molecule is CC(C)(CNC(=O)NCc1cccc2cccnc12)c1cccs1. The lowest BCUT2D eigenvalue weighted by Crippen LogP contribution is -2.41. The molecule has 0 saturated carbocycles. The van der Waals surface area contributed by atoms with Gasteiger partial charge in [0.25, 0.3) is 0 Å². The fourth-order valence-corrected chi connectivity index (χ4v) is 3.45. The Bertz CT molecular complexity index is 822. The van der Waals surface area contributed by atoms with Crippen molar-refractivity contribution in [2.45, 2.75) is 25.8 Å². The molecule has 0 aliphatic rings. The van der Waals surface area contributed by atoms with Crippen LogP contribution in [0.4, 0.5) is 4.79 Å². The Labute approximate surface area is 145 Å². The molecule has 124 valence electrons. The molecule has 0 saturated heterocycles. The number of hydrogen-bond donors (Lipinski definition) is 2. The summed E-state index contributed by atoms with van der Waals surface area (Å²) in [5.41, 5.74) is 1.87. The van der Waals surface area contributed by atoms with Crippen LogP contribution >= 0.6 is 11.3 Å². The van der Waals surface area contributed by atoms with Crippen LogP contribution in [0.25, 0.3) is 10.9 Å². The summed E-state index contributed by atoms with van der Waals surface area (Å²) in [6.45, 7) is 5.31. The smallest absolute Gasteiger partial charge is 0.315 e. The van der Waals surface area contributed by atoms with Crippen molar-refractivity contribution in [3.8, 4) is 0 Å². The van der Waals surface area contributed by atoms with E-state index < -0.39 is 0 Å². The Hall–Kier alpha value is -2.40. The van der Waals surface area contributed by atoms with E-state index in [9.17, 15) is 4.79 Å². The summed E-state index contributed by atoms with van der Waals surface area (Å²) in [4.78, 5) is 17.8. The van der Waals surface area contributed by atoms with E-state index in [0.717, 1.165) is 16.5 Å². The van der Waals surface area contributed by atoms with E-state index in [-0.39, 0.29) is 11.4 Å². The molecule has 1 aromatic carbocycles. The highest BCUT2D eigenvalue weighted by Gasteiger charge is 2.22. The van der Waals surface area contributed by atoms with Gasteiger partial charge in [-0.05, 0) is 23.1 Å². The van der Waals surface area contributed by atoms with Gasteiger partial charge in [0.05, 0.1) is 5.52 Å². The first-order valence-electron chi connectivity index (χ1n) is 7.94. The number of aromatic nitrogens is 1. The molecule has 0 spiro atoms. The predicted molar refractivity (Wildman–Crippen MR) is 99.3 cm³/mol. The number of thiophene rings is 1. The molecule has 2 aromatic heterocycles. The number of carbonyl (C=O) groups excluding carboxylic acids is 1. The standard InChI is InChI=1S/C19H21N3OS/c1-19(2,16-9-5-11-24-16)13-22-18(23)21-12-15-7-3-6-14-8-4-10-20-17(14)15/h3-11H,12-13H2,1-2H3,(H2,21,22,23). The first-order chi connectivity index (χ1) is 11.6. The summed E-state index contributed by atoms with van der Waals surface area (Å²) in [5.74, 6) is 0. The minimum atomic E-state index is -0.160. The third-order valence-electron chi connectivity index (χ3n) is 4.03. The molecule has 2 heterocycles. The molecule has 0 fully saturated rings. The van der Waals surface area contributed by atoms with E-state index in [4.69, 9.17) is 0 Å². The van der Waals surface area contributed by atoms with Crippen molar-refractivity contribution in [2.24, 2.45) is 0 Å². The maximum absolute atomic E-state index is 12.1. The molecule has 2 amide bonds. The van der Waals surface area contributed by atoms with Crippen LogP contribution in [0.2, 0.25) is 0 Å². The number of nitrogens with one attached hydrogen (secondary N) is 2. The zero-order chi connectivity index (χ0) is 17.0. The predicted octanol–water partition coefficient (Wildman–Crippen LogP) is 4.07. The molecular weight excluding hydrogens is 318 g/mol. The number of benzene rings is 1. The molecule has 3 rings (SSSR count). The van der Waals surface area contributed by atoms with Gasteiger partial charge in [-0.1, -0.05) is 44.2 Å². The second-order valence-corrected chi connectivity index (χ2v) is 7.34. The number of amides is 2. The minimum Gasteiger partial charge on any atom is -0.337 e. The molecule has 24 heavy (non-hydrogen) atoms. The van der Waals surface area contributed by atoms with E-state index in [0.29, 0.717) is 13.1 Å². The van der Waals surface area contributed by atoms with Crippen LogP contribution in [0.5, 0.6) is 0 Å². The molecule has 0 atom stereocenters. The second kappa shape index (κ2) is 7.01. The molecule has 0 radical (unpaired) electrons. The summed E-state index contributed by atoms with van der Waals surface area (Å²) >= 11 is 1.71. The monoisotopic (exact) mass is 339 g/mol. The van der Waals surface area contributed by atoms with Crippen molar-refractivity contribution in [1.29, 1.82) is 0 Å². The van der Waals surface area contributed by atoms with Gasteiger partial charge in [-0.15, -0.1) is 11.3 Å². The minimum absolute atomic E-state index is 0.0769. The topological polar surface area (TPSA) is 54.0 Å². The van der Waals surface area contributed by atoms with Crippen LogP contribution < -0.4 is 10.6 Å². The summed E-state index contributed by atoms with van der Waals surface area (Å²) in [5, 5.41) is 9.03. The van der Waals surface area contributed by atoms with Crippen molar-refractivity contribution in [1.82, 2.24) is 15.6 Å². The highest BCUT2D eigenvalue weighted by atomic mass is 32.1. The molecule has 0 aliphatic carbocycles. The zero-order valence-corrected chi connectivity index (χ0v) is 14.7. The van der Waals surface area contributed by atoms with Crippen LogP contribution in [0, 0.1) is 0 Å². The first kappa shape index (κ1) is 16.5. The average Bonchev–Trinajstić information content (AvgIpc) is 3.14. The highest BCUT2D eigenvalue weighted by molar-refractivity contribution is 7.10. The lowest BCUT2D eigenvalue weighted by molar-refractivity contribution is 0.238. The number of urea groups is 1. The Balaban J connectivity index is 1.58. The van der Waals surface area contributed by atoms with Gasteiger partial charge in [0, 0.05) is 35.0 Å². The Morgan fingerprint density at radius 3 is 2.75 bits per heavy atom. The number of nitrogens with zero attached hydrogens (tertiary/aromatic N) is 1. The summed E-state index contributed by atoms with van der Waals surface area (Å²) in [6.07, 6.45) is 1.77. The molecule has 0 aliphatic heterocycles. The molecule has 0 unspecified atom stereocenters. The van der Waals surface area contributed by atoms with Gasteiger partial charge in [-0.2, -0.15) is 0 Å². The fraction of sp³-hybridized carbons (Fsp3) is 0.263. The first-order valence-corrected chi connectivity index (χ1v) is 8.82. The average molecular weight is 339 g/mol. The highest BCUT2D eigenvalue weighted by Crippen LogP contribution is 2.26. The number of para-hydroxylation sites is 1. The number of carbonyl (C=O) groups is 1. The maximum Gasteiger partial charge on any atom is 0.315 e. The van der Waals surface area contributed by atoms with Gasteiger partial charge in [0.2, 0.25) is 0 Å². The zero-order valence-electron chi connectivity index (χ0n) is 13.9. The lowest BCUT2D eigenvalue weighted by atomic mass is 9.91. The normalized spacial score (nSPS) is 11.4. The lowest BCUT2D eigenvalue weighted by Gasteiger charge is -2.23. The molecule has 5 heteroatoms. The number of hydrogen-bond acceptors (Lipinski definition) is 3. The van der Waals surface area contributed by atoms with Gasteiger partial charge in [-0.3, -0.25) is 4.98 Å². The van der Waals surface area contributed by atoms with E-state index in [1.807, 2.05) is 36.4 Å². The van der Waals surface area contributed by atoms with Crippen LogP contribution in [0.15, 0.2) is 54.0 Å². The quantitative estimate of drug-likeness (QED) is 0.736. The van der Waals surface area contributed by atoms with Crippen LogP contribution in [0.1, 0.15) is 24.3 Å². The van der Waals surface area contributed by atoms with Gasteiger partial charge in [0.1, 0.15) is 0 Å². The van der Waals surface area contributed by atoms with Gasteiger partial charge < -0.3 is 10.6 Å². The third-order valence-corrected chi connectivity index (χ3v) is 5.27. The van der Waals surface area contributed by atoms with Crippen molar-refractivity contribution in [3.63, 3.8) is 0 Å². The van der Waals surface area contributed by atoms with E-state index in [1.54, 1.807) is 17.5 Å². The summed E-state index contributed by atoms with van der Waals surface area (Å²) < 4.78 is 0. The second-order valence-electron chi connectivity index (χ2n) is 6.39. The van der Waals surface area contributed by atoms with Crippen LogP contribution in [0.3, 0.4) is 0 Å². The van der Waals surface area contributed by atoms with Crippen molar-refractivity contribution in [2.75, 3.05) is 6.54 Å². The third kappa shape index (κ3) is 3.74. The van der Waals surface area contributed by atoms with Gasteiger partial charge in [0.15, 0.2) is 0 Å². The maximum atomic E-state index is 12.1. The van der Waals surface area contributed by atoms with Crippen LogP contribution in [-0.4, -0.2) is 17.6 Å². The van der Waals surface area contributed by atoms with Crippen molar-refractivity contribution >= 4 is 28.3 Å². The molecule has 3 aromatic rings. The molecule has 4 nitrogen and oxygen atoms in total. The molecule has 2 N–H and O–H groups in total. The Kier molecular flexibility index (Phi) is 4.81. The number of fused-ring (bicyclic) bond motifs is 1. The number of rotatable bonds is 5. The molecule has 0 bridgehead atoms. The molecular formula is C19H21N3OS. The van der Waals surface area contributed by atoms with E-state index in [1.165, 1.54) is 4.88 Å². The van der Waals surface area contributed by atoms with Crippen molar-refractivity contribution < 1.29 is 4.79 Å². The number of pyridine rings is 1. The summed E-state index contributed by atoms with van der Waals surface area (Å²) in [7, 11) is 0.